The maximum Gasteiger partial charge on any atom is 0.235 e. The highest BCUT2D eigenvalue weighted by atomic mass is 32.2. The van der Waals surface area contributed by atoms with Crippen LogP contribution in [0.5, 0.6) is 5.75 Å². The molecule has 2 aromatic heterocycles. The largest absolute Gasteiger partial charge is 0.490 e. The molecule has 1 unspecified atom stereocenters. The number of nitrogens with zero attached hydrogens (tertiary/aromatic N) is 4. The van der Waals surface area contributed by atoms with Crippen LogP contribution in [0.15, 0.2) is 29.4 Å². The van der Waals surface area contributed by atoms with E-state index in [1.165, 1.54) is 29.5 Å². The minimum atomic E-state index is -0.135. The van der Waals surface area contributed by atoms with Gasteiger partial charge >= 0.3 is 0 Å². The van der Waals surface area contributed by atoms with Crippen molar-refractivity contribution in [2.24, 2.45) is 5.92 Å². The van der Waals surface area contributed by atoms with E-state index in [2.05, 4.69) is 28.5 Å². The lowest BCUT2D eigenvalue weighted by molar-refractivity contribution is -0.113. The van der Waals surface area contributed by atoms with Crippen molar-refractivity contribution in [1.82, 2.24) is 14.8 Å². The molecule has 0 aliphatic heterocycles. The van der Waals surface area contributed by atoms with Crippen molar-refractivity contribution in [1.29, 1.82) is 5.26 Å². The Morgan fingerprint density at radius 3 is 2.75 bits per heavy atom. The molecule has 1 aromatic carbocycles. The molecule has 188 valence electrons. The van der Waals surface area contributed by atoms with E-state index in [1.807, 2.05) is 35.8 Å². The first kappa shape index (κ1) is 24.8. The Morgan fingerprint density at radius 2 is 2.03 bits per heavy atom. The van der Waals surface area contributed by atoms with Gasteiger partial charge in [-0.2, -0.15) is 5.26 Å². The number of amides is 1. The van der Waals surface area contributed by atoms with Crippen LogP contribution in [0.2, 0.25) is 0 Å². The van der Waals surface area contributed by atoms with Crippen molar-refractivity contribution in [2.75, 3.05) is 11.1 Å². The number of nitriles is 1. The van der Waals surface area contributed by atoms with E-state index in [-0.39, 0.29) is 11.7 Å². The lowest BCUT2D eigenvalue weighted by atomic mass is 9.89. The molecule has 0 spiro atoms. The Morgan fingerprint density at radius 1 is 1.25 bits per heavy atom. The van der Waals surface area contributed by atoms with E-state index in [9.17, 15) is 10.1 Å². The maximum absolute atomic E-state index is 12.8. The van der Waals surface area contributed by atoms with Gasteiger partial charge in [-0.05, 0) is 87.6 Å². The zero-order chi connectivity index (χ0) is 25.1. The Hall–Kier alpha value is -2.83. The normalized spacial score (nSPS) is 17.5. The van der Waals surface area contributed by atoms with E-state index in [0.717, 1.165) is 54.8 Å². The van der Waals surface area contributed by atoms with E-state index in [1.54, 1.807) is 11.3 Å². The minimum absolute atomic E-state index is 0.135. The lowest BCUT2D eigenvalue weighted by Gasteiger charge is -2.17. The average molecular weight is 522 g/mol. The zero-order valence-corrected chi connectivity index (χ0v) is 22.4. The molecule has 2 aliphatic carbocycles. The van der Waals surface area contributed by atoms with Gasteiger partial charge in [0.15, 0.2) is 11.0 Å². The van der Waals surface area contributed by atoms with Gasteiger partial charge in [0.2, 0.25) is 5.91 Å². The van der Waals surface area contributed by atoms with Gasteiger partial charge in [-0.15, -0.1) is 21.5 Å². The third-order valence-electron chi connectivity index (χ3n) is 6.96. The van der Waals surface area contributed by atoms with Crippen LogP contribution < -0.4 is 10.1 Å². The summed E-state index contributed by atoms with van der Waals surface area (Å²) in [6.07, 6.45) is 8.07. The standard InChI is InChI=1S/C27H31N5O2S2/c1-3-32-25(18-9-11-20(12-10-18)34-19-6-4-5-7-19)30-31-27(32)35-16-24(33)29-26-22(15-28)21-13-8-17(2)14-23(21)36-26/h9-12,17,19H,3-8,13-14,16H2,1-2H3,(H,29,33). The molecule has 2 aliphatic rings. The molecule has 2 heterocycles. The third kappa shape index (κ3) is 5.30. The van der Waals surface area contributed by atoms with Gasteiger partial charge in [-0.25, -0.2) is 0 Å². The molecule has 3 aromatic rings. The highest BCUT2D eigenvalue weighted by Gasteiger charge is 2.25. The summed E-state index contributed by atoms with van der Waals surface area (Å²) in [5.74, 6) is 2.35. The number of rotatable bonds is 8. The second kappa shape index (κ2) is 11.1. The summed E-state index contributed by atoms with van der Waals surface area (Å²) in [5, 5.41) is 22.8. The lowest BCUT2D eigenvalue weighted by Crippen LogP contribution is -2.14. The van der Waals surface area contributed by atoms with Crippen LogP contribution in [0.25, 0.3) is 11.4 Å². The van der Waals surface area contributed by atoms with Crippen molar-refractivity contribution in [3.63, 3.8) is 0 Å². The molecule has 5 rings (SSSR count). The number of fused-ring (bicyclic) bond motifs is 1. The summed E-state index contributed by atoms with van der Waals surface area (Å²) in [4.78, 5) is 14.0. The molecule has 0 bridgehead atoms. The molecule has 1 N–H and O–H groups in total. The van der Waals surface area contributed by atoms with Gasteiger partial charge in [-0.1, -0.05) is 18.7 Å². The number of ether oxygens (including phenoxy) is 1. The molecule has 1 fully saturated rings. The van der Waals surface area contributed by atoms with E-state index in [4.69, 9.17) is 4.74 Å². The monoisotopic (exact) mass is 521 g/mol. The predicted molar refractivity (Wildman–Crippen MR) is 144 cm³/mol. The number of thiophene rings is 1. The summed E-state index contributed by atoms with van der Waals surface area (Å²) in [7, 11) is 0. The third-order valence-corrected chi connectivity index (χ3v) is 9.10. The number of nitrogens with one attached hydrogen (secondary N) is 1. The first-order valence-electron chi connectivity index (χ1n) is 12.7. The van der Waals surface area contributed by atoms with Crippen LogP contribution in [0.3, 0.4) is 0 Å². The Kier molecular flexibility index (Phi) is 7.63. The minimum Gasteiger partial charge on any atom is -0.490 e. The van der Waals surface area contributed by atoms with Gasteiger partial charge in [0.05, 0.1) is 17.4 Å². The topological polar surface area (TPSA) is 92.8 Å². The molecule has 0 radical (unpaired) electrons. The molecule has 1 atom stereocenters. The fourth-order valence-electron chi connectivity index (χ4n) is 5.03. The Balaban J connectivity index is 1.23. The van der Waals surface area contributed by atoms with Crippen molar-refractivity contribution < 1.29 is 9.53 Å². The second-order valence-electron chi connectivity index (χ2n) is 9.60. The van der Waals surface area contributed by atoms with E-state index < -0.39 is 0 Å². The number of carbonyl (C=O) groups is 1. The van der Waals surface area contributed by atoms with Gasteiger partial charge < -0.3 is 14.6 Å². The number of benzene rings is 1. The van der Waals surface area contributed by atoms with Crippen LogP contribution >= 0.6 is 23.1 Å². The van der Waals surface area contributed by atoms with Crippen LogP contribution in [-0.2, 0) is 24.2 Å². The van der Waals surface area contributed by atoms with Crippen LogP contribution in [0.1, 0.15) is 62.0 Å². The molecule has 0 saturated heterocycles. The molecule has 7 nitrogen and oxygen atoms in total. The number of hydrogen-bond acceptors (Lipinski definition) is 7. The smallest absolute Gasteiger partial charge is 0.235 e. The number of hydrogen-bond donors (Lipinski definition) is 1. The summed E-state index contributed by atoms with van der Waals surface area (Å²) >= 11 is 2.92. The number of aromatic nitrogens is 3. The summed E-state index contributed by atoms with van der Waals surface area (Å²) < 4.78 is 8.10. The summed E-state index contributed by atoms with van der Waals surface area (Å²) in [6.45, 7) is 4.98. The van der Waals surface area contributed by atoms with Crippen LogP contribution in [-0.4, -0.2) is 32.5 Å². The van der Waals surface area contributed by atoms with Gasteiger partial charge in [0.1, 0.15) is 16.8 Å². The molecule has 9 heteroatoms. The van der Waals surface area contributed by atoms with Crippen molar-refractivity contribution in [3.8, 4) is 23.2 Å². The molecule has 1 saturated carbocycles. The Labute approximate surface area is 220 Å². The summed E-state index contributed by atoms with van der Waals surface area (Å²) in [5.41, 5.74) is 2.73. The van der Waals surface area contributed by atoms with E-state index in [0.29, 0.717) is 34.3 Å². The Bertz CT molecular complexity index is 1270. The van der Waals surface area contributed by atoms with Gasteiger partial charge in [0, 0.05) is 17.0 Å². The first-order valence-corrected chi connectivity index (χ1v) is 14.5. The van der Waals surface area contributed by atoms with Crippen LogP contribution in [0.4, 0.5) is 5.00 Å². The quantitative estimate of drug-likeness (QED) is 0.361. The van der Waals surface area contributed by atoms with Crippen molar-refractivity contribution in [2.45, 2.75) is 76.6 Å². The average Bonchev–Trinajstić information content (AvgIpc) is 3.61. The SMILES string of the molecule is CCn1c(SCC(=O)Nc2sc3c(c2C#N)CCC(C)C3)nnc1-c1ccc(OC2CCCC2)cc1. The van der Waals surface area contributed by atoms with Crippen LogP contribution in [0, 0.1) is 17.2 Å². The van der Waals surface area contributed by atoms with Gasteiger partial charge in [-0.3, -0.25) is 4.79 Å². The molecule has 36 heavy (non-hydrogen) atoms. The van der Waals surface area contributed by atoms with Crippen molar-refractivity contribution in [3.05, 3.63) is 40.3 Å². The summed E-state index contributed by atoms with van der Waals surface area (Å²) in [6, 6.07) is 10.3. The fraction of sp³-hybridized carbons (Fsp3) is 0.481. The highest BCUT2D eigenvalue weighted by molar-refractivity contribution is 7.99. The number of thioether (sulfide) groups is 1. The highest BCUT2D eigenvalue weighted by Crippen LogP contribution is 2.39. The predicted octanol–water partition coefficient (Wildman–Crippen LogP) is 6.08. The van der Waals surface area contributed by atoms with E-state index >= 15 is 0 Å². The number of carbonyl (C=O) groups excluding carboxylic acids is 1. The fourth-order valence-corrected chi connectivity index (χ4v) is 7.20. The van der Waals surface area contributed by atoms with Gasteiger partial charge in [0.25, 0.3) is 0 Å². The molecule has 1 amide bonds. The number of anilines is 1. The molecular weight excluding hydrogens is 490 g/mol. The van der Waals surface area contributed by atoms with Crippen molar-refractivity contribution >= 4 is 34.0 Å². The maximum atomic E-state index is 12.8. The first-order chi connectivity index (χ1) is 17.6. The second-order valence-corrected chi connectivity index (χ2v) is 11.7. The zero-order valence-electron chi connectivity index (χ0n) is 20.7. The molecular formula is C27H31N5O2S2.